The molecule has 2 aliphatic rings. The van der Waals surface area contributed by atoms with Gasteiger partial charge in [0.1, 0.15) is 17.9 Å². The van der Waals surface area contributed by atoms with Crippen LogP contribution in [-0.4, -0.2) is 76.6 Å². The monoisotopic (exact) mass is 396 g/mol. The summed E-state index contributed by atoms with van der Waals surface area (Å²) < 4.78 is 11.4. The number of rotatable bonds is 4. The number of aromatic nitrogens is 2. The van der Waals surface area contributed by atoms with Crippen molar-refractivity contribution in [1.29, 1.82) is 0 Å². The Kier molecular flexibility index (Phi) is 5.71. The highest BCUT2D eigenvalue weighted by molar-refractivity contribution is 5.98. The van der Waals surface area contributed by atoms with Crippen molar-refractivity contribution < 1.29 is 19.1 Å². The van der Waals surface area contributed by atoms with Gasteiger partial charge in [0.25, 0.3) is 5.91 Å². The van der Waals surface area contributed by atoms with E-state index in [0.717, 1.165) is 5.56 Å². The van der Waals surface area contributed by atoms with Gasteiger partial charge in [0.05, 0.1) is 31.5 Å². The maximum atomic E-state index is 13.3. The number of aryl methyl sites for hydroxylation is 1. The maximum Gasteiger partial charge on any atom is 0.256 e. The van der Waals surface area contributed by atoms with Crippen LogP contribution in [0.15, 0.2) is 43.0 Å². The minimum atomic E-state index is -0.568. The highest BCUT2D eigenvalue weighted by Gasteiger charge is 2.43. The largest absolute Gasteiger partial charge is 0.487 e. The lowest BCUT2D eigenvalue weighted by Gasteiger charge is -2.32. The topological polar surface area (TPSA) is 84.9 Å². The van der Waals surface area contributed by atoms with E-state index in [1.165, 1.54) is 0 Å². The first-order valence-corrected chi connectivity index (χ1v) is 9.78. The van der Waals surface area contributed by atoms with Crippen LogP contribution in [0.5, 0.6) is 5.75 Å². The van der Waals surface area contributed by atoms with Crippen molar-refractivity contribution in [1.82, 2.24) is 19.8 Å². The molecule has 2 fully saturated rings. The van der Waals surface area contributed by atoms with Gasteiger partial charge in [-0.3, -0.25) is 19.6 Å². The molecule has 2 aliphatic heterocycles. The summed E-state index contributed by atoms with van der Waals surface area (Å²) in [6.45, 7) is 4.32. The molecule has 0 saturated carbocycles. The van der Waals surface area contributed by atoms with Gasteiger partial charge in [0.15, 0.2) is 0 Å². The van der Waals surface area contributed by atoms with Crippen molar-refractivity contribution in [3.8, 4) is 5.75 Å². The van der Waals surface area contributed by atoms with E-state index in [0.29, 0.717) is 50.6 Å². The summed E-state index contributed by atoms with van der Waals surface area (Å²) in [7, 11) is 0. The average Bonchev–Trinajstić information content (AvgIpc) is 3.18. The number of morpholine rings is 1. The molecule has 2 aromatic rings. The van der Waals surface area contributed by atoms with E-state index in [4.69, 9.17) is 9.47 Å². The molecule has 0 N–H and O–H groups in total. The Labute approximate surface area is 169 Å². The zero-order valence-electron chi connectivity index (χ0n) is 16.4. The molecule has 8 heteroatoms. The molecule has 2 saturated heterocycles. The zero-order valence-corrected chi connectivity index (χ0v) is 16.4. The molecule has 152 valence electrons. The number of hydrogen-bond donors (Lipinski definition) is 0. The Morgan fingerprint density at radius 1 is 1.14 bits per heavy atom. The fraction of sp³-hybridized carbons (Fsp3) is 0.429. The first-order valence-electron chi connectivity index (χ1n) is 9.78. The van der Waals surface area contributed by atoms with Crippen LogP contribution in [-0.2, 0) is 9.53 Å². The number of nitrogens with zero attached hydrogens (tertiary/aromatic N) is 4. The van der Waals surface area contributed by atoms with Crippen molar-refractivity contribution in [2.75, 3.05) is 32.8 Å². The van der Waals surface area contributed by atoms with Crippen molar-refractivity contribution in [3.63, 3.8) is 0 Å². The first kappa shape index (κ1) is 19.3. The van der Waals surface area contributed by atoms with Gasteiger partial charge in [-0.05, 0) is 30.7 Å². The van der Waals surface area contributed by atoms with Crippen LogP contribution in [0.4, 0.5) is 0 Å². The molecule has 0 radical (unpaired) electrons. The lowest BCUT2D eigenvalue weighted by Crippen LogP contribution is -2.51. The zero-order chi connectivity index (χ0) is 20.2. The van der Waals surface area contributed by atoms with E-state index in [9.17, 15) is 9.59 Å². The quantitative estimate of drug-likeness (QED) is 0.775. The maximum absolute atomic E-state index is 13.3. The Morgan fingerprint density at radius 2 is 1.93 bits per heavy atom. The molecule has 4 rings (SSSR count). The second-order valence-corrected chi connectivity index (χ2v) is 7.27. The number of carbonyl (C=O) groups excluding carboxylic acids is 2. The molecule has 2 aromatic heterocycles. The summed E-state index contributed by atoms with van der Waals surface area (Å²) in [6, 6.07) is 4.84. The highest BCUT2D eigenvalue weighted by Crippen LogP contribution is 2.26. The number of pyridine rings is 2. The van der Waals surface area contributed by atoms with Crippen LogP contribution in [0.2, 0.25) is 0 Å². The van der Waals surface area contributed by atoms with Crippen LogP contribution in [0.3, 0.4) is 0 Å². The lowest BCUT2D eigenvalue weighted by atomic mass is 10.1. The minimum Gasteiger partial charge on any atom is -0.487 e. The molecule has 0 bridgehead atoms. The Morgan fingerprint density at radius 3 is 2.66 bits per heavy atom. The third kappa shape index (κ3) is 4.22. The predicted molar refractivity (Wildman–Crippen MR) is 104 cm³/mol. The third-order valence-corrected chi connectivity index (χ3v) is 5.34. The summed E-state index contributed by atoms with van der Waals surface area (Å²) >= 11 is 0. The predicted octanol–water partition coefficient (Wildman–Crippen LogP) is 1.31. The summed E-state index contributed by atoms with van der Waals surface area (Å²) in [4.78, 5) is 38.1. The average molecular weight is 396 g/mol. The second kappa shape index (κ2) is 8.57. The van der Waals surface area contributed by atoms with Crippen LogP contribution < -0.4 is 4.74 Å². The Bertz CT molecular complexity index is 870. The van der Waals surface area contributed by atoms with Gasteiger partial charge < -0.3 is 19.3 Å². The van der Waals surface area contributed by atoms with Crippen molar-refractivity contribution in [2.24, 2.45) is 0 Å². The van der Waals surface area contributed by atoms with Gasteiger partial charge in [0, 0.05) is 38.1 Å². The fourth-order valence-corrected chi connectivity index (χ4v) is 3.79. The molecule has 29 heavy (non-hydrogen) atoms. The number of hydrogen-bond acceptors (Lipinski definition) is 6. The number of likely N-dealkylation sites (tertiary alicyclic amines) is 1. The summed E-state index contributed by atoms with van der Waals surface area (Å²) in [5, 5.41) is 0. The summed E-state index contributed by atoms with van der Waals surface area (Å²) in [5.74, 6) is 0.377. The molecule has 8 nitrogen and oxygen atoms in total. The van der Waals surface area contributed by atoms with Crippen molar-refractivity contribution in [3.05, 3.63) is 54.1 Å². The van der Waals surface area contributed by atoms with Crippen LogP contribution in [0, 0.1) is 6.92 Å². The SMILES string of the molecule is Cc1ccncc1C(=O)N1C[C@@H](Oc2cccnc2)C[C@H]1C(=O)N1CCOCC1. The molecule has 0 aromatic carbocycles. The molecule has 0 spiro atoms. The summed E-state index contributed by atoms with van der Waals surface area (Å²) in [5.41, 5.74) is 1.34. The van der Waals surface area contributed by atoms with E-state index >= 15 is 0 Å². The van der Waals surface area contributed by atoms with Gasteiger partial charge in [-0.1, -0.05) is 0 Å². The van der Waals surface area contributed by atoms with E-state index in [2.05, 4.69) is 9.97 Å². The second-order valence-electron chi connectivity index (χ2n) is 7.27. The van der Waals surface area contributed by atoms with Gasteiger partial charge in [-0.2, -0.15) is 0 Å². The third-order valence-electron chi connectivity index (χ3n) is 5.34. The molecular weight excluding hydrogens is 372 g/mol. The van der Waals surface area contributed by atoms with E-state index in [-0.39, 0.29) is 17.9 Å². The van der Waals surface area contributed by atoms with Crippen molar-refractivity contribution >= 4 is 11.8 Å². The Hall–Kier alpha value is -3.00. The van der Waals surface area contributed by atoms with E-state index < -0.39 is 6.04 Å². The molecular formula is C21H24N4O4. The standard InChI is InChI=1S/C21H24N4O4/c1-15-4-6-23-13-18(15)20(26)25-14-17(29-16-3-2-5-22-12-16)11-19(25)21(27)24-7-9-28-10-8-24/h2-6,12-13,17,19H,7-11,14H2,1H3/t17-,19-/m0/s1. The summed E-state index contributed by atoms with van der Waals surface area (Å²) in [6.07, 6.45) is 6.68. The molecule has 2 atom stereocenters. The van der Waals surface area contributed by atoms with Crippen LogP contribution >= 0.6 is 0 Å². The van der Waals surface area contributed by atoms with E-state index in [1.54, 1.807) is 46.7 Å². The molecule has 2 amide bonds. The fourth-order valence-electron chi connectivity index (χ4n) is 3.79. The van der Waals surface area contributed by atoms with Gasteiger partial charge in [-0.25, -0.2) is 0 Å². The van der Waals surface area contributed by atoms with Crippen LogP contribution in [0.25, 0.3) is 0 Å². The van der Waals surface area contributed by atoms with Gasteiger partial charge in [-0.15, -0.1) is 0 Å². The number of amides is 2. The number of carbonyl (C=O) groups is 2. The first-order chi connectivity index (χ1) is 14.1. The molecule has 4 heterocycles. The Balaban J connectivity index is 1.57. The highest BCUT2D eigenvalue weighted by atomic mass is 16.5. The van der Waals surface area contributed by atoms with Gasteiger partial charge in [0.2, 0.25) is 5.91 Å². The molecule has 0 unspecified atom stereocenters. The molecule has 0 aliphatic carbocycles. The number of ether oxygens (including phenoxy) is 2. The normalized spacial score (nSPS) is 21.8. The van der Waals surface area contributed by atoms with Crippen LogP contribution in [0.1, 0.15) is 22.3 Å². The lowest BCUT2D eigenvalue weighted by molar-refractivity contribution is -0.139. The van der Waals surface area contributed by atoms with E-state index in [1.807, 2.05) is 13.0 Å². The van der Waals surface area contributed by atoms with Gasteiger partial charge >= 0.3 is 0 Å². The van der Waals surface area contributed by atoms with Crippen molar-refractivity contribution in [2.45, 2.75) is 25.5 Å². The smallest absolute Gasteiger partial charge is 0.256 e. The minimum absolute atomic E-state index is 0.0551.